The molecule has 9 nitrogen and oxygen atoms in total. The van der Waals surface area contributed by atoms with E-state index in [2.05, 4.69) is 15.3 Å². The molecular weight excluding hydrogens is 537 g/mol. The van der Waals surface area contributed by atoms with Gasteiger partial charge >= 0.3 is 5.92 Å². The first kappa shape index (κ1) is 30.4. The Bertz CT molecular complexity index is 1460. The van der Waals surface area contributed by atoms with Gasteiger partial charge in [0.15, 0.2) is 11.5 Å². The number of aryl methyl sites for hydroxylation is 1. The van der Waals surface area contributed by atoms with E-state index in [1.54, 1.807) is 26.0 Å². The van der Waals surface area contributed by atoms with Crippen LogP contribution in [-0.4, -0.2) is 67.0 Å². The number of ether oxygens (including phenoxy) is 2. The van der Waals surface area contributed by atoms with Gasteiger partial charge in [0.1, 0.15) is 29.7 Å². The zero-order valence-electron chi connectivity index (χ0n) is 22.8. The molecule has 3 aromatic rings. The van der Waals surface area contributed by atoms with E-state index < -0.39 is 39.0 Å². The Morgan fingerprint density at radius 2 is 1.85 bits per heavy atom. The molecule has 214 valence electrons. The van der Waals surface area contributed by atoms with Crippen molar-refractivity contribution in [2.75, 3.05) is 38.9 Å². The summed E-state index contributed by atoms with van der Waals surface area (Å²) < 4.78 is 80.6. The van der Waals surface area contributed by atoms with Crippen molar-refractivity contribution in [1.29, 1.82) is 0 Å². The van der Waals surface area contributed by atoms with Crippen LogP contribution in [0, 0.1) is 12.7 Å². The molecule has 0 aliphatic rings. The fourth-order valence-corrected chi connectivity index (χ4v) is 4.23. The van der Waals surface area contributed by atoms with Crippen LogP contribution in [0.5, 0.6) is 11.5 Å². The van der Waals surface area contributed by atoms with Crippen LogP contribution in [0.4, 0.5) is 19.0 Å². The van der Waals surface area contributed by atoms with Gasteiger partial charge in [0.25, 0.3) is 0 Å². The standard InChI is InChI=1S/C26H33F3N4O5S/c1-15(17-9-8-10-19(23(17)27)26(28,29)25(3,4)34)30-24-18-13-22(38-12-11-33(5)39(7,35)36)21(37-6)14-20(18)31-16(2)32-24/h8-10,13-15,34H,11-12H2,1-7H3,(H,30,31,32)/t15-/m1/s1. The van der Waals surface area contributed by atoms with Gasteiger partial charge in [-0.05, 0) is 39.8 Å². The van der Waals surface area contributed by atoms with Crippen LogP contribution in [0.15, 0.2) is 30.3 Å². The molecule has 2 aromatic carbocycles. The highest BCUT2D eigenvalue weighted by molar-refractivity contribution is 7.88. The van der Waals surface area contributed by atoms with E-state index in [1.807, 2.05) is 0 Å². The number of halogens is 3. The van der Waals surface area contributed by atoms with E-state index in [1.165, 1.54) is 26.3 Å². The van der Waals surface area contributed by atoms with E-state index in [0.29, 0.717) is 34.0 Å². The molecule has 0 saturated carbocycles. The summed E-state index contributed by atoms with van der Waals surface area (Å²) in [5.74, 6) is -3.63. The highest BCUT2D eigenvalue weighted by Crippen LogP contribution is 2.41. The highest BCUT2D eigenvalue weighted by atomic mass is 32.2. The monoisotopic (exact) mass is 570 g/mol. The van der Waals surface area contributed by atoms with Crippen LogP contribution >= 0.6 is 0 Å². The molecule has 0 amide bonds. The number of aromatic nitrogens is 2. The molecular formula is C26H33F3N4O5S. The Kier molecular flexibility index (Phi) is 8.68. The van der Waals surface area contributed by atoms with Gasteiger partial charge in [0.05, 0.1) is 30.5 Å². The number of rotatable bonds is 11. The number of nitrogens with one attached hydrogen (secondary N) is 1. The van der Waals surface area contributed by atoms with Gasteiger partial charge in [-0.2, -0.15) is 8.78 Å². The van der Waals surface area contributed by atoms with E-state index in [9.17, 15) is 22.3 Å². The minimum absolute atomic E-state index is 0.0325. The number of methoxy groups -OCH3 is 1. The minimum Gasteiger partial charge on any atom is -0.493 e. The SMILES string of the molecule is COc1cc2nc(C)nc(N[C@H](C)c3cccc(C(F)(F)C(C)(C)O)c3F)c2cc1OCCN(C)S(C)(=O)=O. The van der Waals surface area contributed by atoms with Crippen molar-refractivity contribution in [1.82, 2.24) is 14.3 Å². The summed E-state index contributed by atoms with van der Waals surface area (Å²) in [5.41, 5.74) is -2.95. The average Bonchev–Trinajstić information content (AvgIpc) is 2.82. The summed E-state index contributed by atoms with van der Waals surface area (Å²) in [6.45, 7) is 5.23. The van der Waals surface area contributed by atoms with Crippen LogP contribution in [0.25, 0.3) is 10.9 Å². The second-order valence-electron chi connectivity index (χ2n) is 9.78. The number of hydrogen-bond donors (Lipinski definition) is 2. The first-order valence-corrected chi connectivity index (χ1v) is 13.9. The van der Waals surface area contributed by atoms with E-state index in [-0.39, 0.29) is 18.7 Å². The molecule has 0 spiro atoms. The van der Waals surface area contributed by atoms with Crippen LogP contribution in [-0.2, 0) is 15.9 Å². The molecule has 1 heterocycles. The number of nitrogens with zero attached hydrogens (tertiary/aromatic N) is 3. The number of aliphatic hydroxyl groups is 1. The van der Waals surface area contributed by atoms with Crippen LogP contribution in [0.2, 0.25) is 0 Å². The van der Waals surface area contributed by atoms with Crippen LogP contribution < -0.4 is 14.8 Å². The second kappa shape index (κ2) is 11.1. The molecule has 1 aromatic heterocycles. The zero-order chi connectivity index (χ0) is 29.3. The van der Waals surface area contributed by atoms with E-state index >= 15 is 4.39 Å². The Morgan fingerprint density at radius 3 is 2.44 bits per heavy atom. The van der Waals surface area contributed by atoms with E-state index in [4.69, 9.17) is 9.47 Å². The zero-order valence-corrected chi connectivity index (χ0v) is 23.7. The average molecular weight is 571 g/mol. The van der Waals surface area contributed by atoms with Gasteiger partial charge in [0.2, 0.25) is 10.0 Å². The summed E-state index contributed by atoms with van der Waals surface area (Å²) in [7, 11) is -0.501. The predicted molar refractivity (Wildman–Crippen MR) is 142 cm³/mol. The van der Waals surface area contributed by atoms with Crippen LogP contribution in [0.3, 0.4) is 0 Å². The lowest BCUT2D eigenvalue weighted by atomic mass is 9.91. The molecule has 0 aliphatic heterocycles. The maximum Gasteiger partial charge on any atom is 0.303 e. The lowest BCUT2D eigenvalue weighted by Crippen LogP contribution is -2.41. The molecule has 1 atom stereocenters. The molecule has 0 bridgehead atoms. The first-order chi connectivity index (χ1) is 18.0. The largest absolute Gasteiger partial charge is 0.493 e. The van der Waals surface area contributed by atoms with Crippen molar-refractivity contribution in [3.8, 4) is 11.5 Å². The van der Waals surface area contributed by atoms with Crippen LogP contribution in [0.1, 0.15) is 43.8 Å². The van der Waals surface area contributed by atoms with Crippen molar-refractivity contribution >= 4 is 26.7 Å². The lowest BCUT2D eigenvalue weighted by molar-refractivity contribution is -0.170. The molecule has 0 unspecified atom stereocenters. The quantitative estimate of drug-likeness (QED) is 0.349. The summed E-state index contributed by atoms with van der Waals surface area (Å²) in [4.78, 5) is 8.85. The molecule has 0 saturated heterocycles. The second-order valence-corrected chi connectivity index (χ2v) is 11.9. The molecule has 13 heteroatoms. The number of likely N-dealkylation sites (N-methyl/N-ethyl adjacent to an activating group) is 1. The van der Waals surface area contributed by atoms with E-state index in [0.717, 1.165) is 30.5 Å². The Balaban J connectivity index is 1.99. The fraction of sp³-hybridized carbons (Fsp3) is 0.462. The Morgan fingerprint density at radius 1 is 1.18 bits per heavy atom. The molecule has 0 fully saturated rings. The van der Waals surface area contributed by atoms with Gasteiger partial charge < -0.3 is 19.9 Å². The van der Waals surface area contributed by atoms with Crippen molar-refractivity contribution in [2.24, 2.45) is 0 Å². The van der Waals surface area contributed by atoms with Gasteiger partial charge in [-0.1, -0.05) is 12.1 Å². The summed E-state index contributed by atoms with van der Waals surface area (Å²) >= 11 is 0. The van der Waals surface area contributed by atoms with Gasteiger partial charge in [-0.15, -0.1) is 0 Å². The molecule has 3 rings (SSSR count). The number of sulfonamides is 1. The predicted octanol–water partition coefficient (Wildman–Crippen LogP) is 4.39. The number of hydrogen-bond acceptors (Lipinski definition) is 8. The Hall–Kier alpha value is -3.16. The number of fused-ring (bicyclic) bond motifs is 1. The topological polar surface area (TPSA) is 114 Å². The maximum absolute atomic E-state index is 15.3. The van der Waals surface area contributed by atoms with Gasteiger partial charge in [0, 0.05) is 30.6 Å². The molecule has 0 aliphatic carbocycles. The summed E-state index contributed by atoms with van der Waals surface area (Å²) in [5, 5.41) is 13.5. The number of anilines is 1. The third kappa shape index (κ3) is 6.53. The van der Waals surface area contributed by atoms with Gasteiger partial charge in [-0.25, -0.2) is 27.1 Å². The summed E-state index contributed by atoms with van der Waals surface area (Å²) in [6.07, 6.45) is 1.09. The van der Waals surface area contributed by atoms with Gasteiger partial charge in [-0.3, -0.25) is 0 Å². The van der Waals surface area contributed by atoms with Crippen molar-refractivity contribution in [3.63, 3.8) is 0 Å². The molecule has 39 heavy (non-hydrogen) atoms. The number of alkyl halides is 2. The highest BCUT2D eigenvalue weighted by Gasteiger charge is 2.49. The van der Waals surface area contributed by atoms with Crippen molar-refractivity contribution < 1.29 is 36.2 Å². The number of benzene rings is 2. The van der Waals surface area contributed by atoms with Crippen molar-refractivity contribution in [3.05, 3.63) is 53.1 Å². The first-order valence-electron chi connectivity index (χ1n) is 12.0. The molecule has 0 radical (unpaired) electrons. The Labute approximate surface area is 226 Å². The molecule has 2 N–H and O–H groups in total. The smallest absolute Gasteiger partial charge is 0.303 e. The lowest BCUT2D eigenvalue weighted by Gasteiger charge is -2.30. The summed E-state index contributed by atoms with van der Waals surface area (Å²) in [6, 6.07) is 6.06. The maximum atomic E-state index is 15.3. The fourth-order valence-electron chi connectivity index (χ4n) is 3.82. The third-order valence-electron chi connectivity index (χ3n) is 6.28. The minimum atomic E-state index is -3.83. The van der Waals surface area contributed by atoms with Crippen molar-refractivity contribution in [2.45, 2.75) is 45.3 Å². The third-order valence-corrected chi connectivity index (χ3v) is 7.59. The normalized spacial score (nSPS) is 13.5.